The molecule has 0 atom stereocenters. The van der Waals surface area contributed by atoms with Crippen LogP contribution in [0.4, 0.5) is 0 Å². The van der Waals surface area contributed by atoms with Gasteiger partial charge in [-0.2, -0.15) is 5.26 Å². The first kappa shape index (κ1) is 17.1. The second-order valence-corrected chi connectivity index (χ2v) is 8.21. The molecule has 4 nitrogen and oxygen atoms in total. The molecule has 0 spiro atoms. The maximum absolute atomic E-state index is 12.7. The summed E-state index contributed by atoms with van der Waals surface area (Å²) in [6.45, 7) is 0. The Kier molecular flexibility index (Phi) is 4.66. The number of thiophene rings is 1. The van der Waals surface area contributed by atoms with Gasteiger partial charge in [0.25, 0.3) is 5.56 Å². The third-order valence-corrected chi connectivity index (χ3v) is 6.56. The van der Waals surface area contributed by atoms with Crippen LogP contribution in [0.25, 0.3) is 21.9 Å². The summed E-state index contributed by atoms with van der Waals surface area (Å²) in [5.41, 5.74) is 2.30. The summed E-state index contributed by atoms with van der Waals surface area (Å²) < 4.78 is 0. The average Bonchev–Trinajstić information content (AvgIpc) is 3.05. The number of fused-ring (bicyclic) bond motifs is 3. The minimum absolute atomic E-state index is 0.136. The fourth-order valence-corrected chi connectivity index (χ4v) is 4.98. The predicted molar refractivity (Wildman–Crippen MR) is 109 cm³/mol. The lowest BCUT2D eigenvalue weighted by Gasteiger charge is -2.09. The van der Waals surface area contributed by atoms with E-state index in [9.17, 15) is 10.1 Å². The molecule has 0 aliphatic heterocycles. The Morgan fingerprint density at radius 3 is 2.81 bits per heavy atom. The molecule has 1 aliphatic carbocycles. The Bertz CT molecular complexity index is 1100. The standard InChI is InChI=1S/C20H17N3OS2/c1-25-14-8-6-12(7-9-14)10-13(11-21)18-22-19(24)17-15-4-2-3-5-16(15)26-20(17)23-18/h6-10H,2-5H2,1H3,(H,22,23,24). The SMILES string of the molecule is CSc1ccc(C=C(C#N)c2nc3sc4c(c3c(=O)[nH]2)CCCC4)cc1. The number of hydrogen-bond acceptors (Lipinski definition) is 5. The fourth-order valence-electron chi connectivity index (χ4n) is 3.31. The van der Waals surface area contributed by atoms with Crippen molar-refractivity contribution in [3.05, 3.63) is 56.4 Å². The van der Waals surface area contributed by atoms with Crippen LogP contribution in [-0.2, 0) is 12.8 Å². The lowest BCUT2D eigenvalue weighted by atomic mass is 9.97. The monoisotopic (exact) mass is 379 g/mol. The van der Waals surface area contributed by atoms with Crippen LogP contribution < -0.4 is 5.56 Å². The maximum atomic E-state index is 12.7. The molecule has 0 amide bonds. The average molecular weight is 380 g/mol. The van der Waals surface area contributed by atoms with Crippen LogP contribution in [0, 0.1) is 11.3 Å². The minimum atomic E-state index is -0.136. The van der Waals surface area contributed by atoms with Gasteiger partial charge in [-0.15, -0.1) is 23.1 Å². The zero-order valence-electron chi connectivity index (χ0n) is 14.3. The van der Waals surface area contributed by atoms with Gasteiger partial charge in [-0.05, 0) is 61.3 Å². The Morgan fingerprint density at radius 2 is 2.08 bits per heavy atom. The second-order valence-electron chi connectivity index (χ2n) is 6.25. The number of aromatic amines is 1. The van der Waals surface area contributed by atoms with E-state index in [0.29, 0.717) is 11.4 Å². The van der Waals surface area contributed by atoms with Gasteiger partial charge in [0.15, 0.2) is 5.82 Å². The lowest BCUT2D eigenvalue weighted by Crippen LogP contribution is -2.12. The van der Waals surface area contributed by atoms with Crippen molar-refractivity contribution in [2.75, 3.05) is 6.26 Å². The van der Waals surface area contributed by atoms with Crippen LogP contribution in [0.5, 0.6) is 0 Å². The normalized spacial score (nSPS) is 14.2. The molecule has 0 fully saturated rings. The van der Waals surface area contributed by atoms with Crippen molar-refractivity contribution >= 4 is 45.0 Å². The van der Waals surface area contributed by atoms with E-state index in [-0.39, 0.29) is 5.56 Å². The Balaban J connectivity index is 1.80. The first-order valence-corrected chi connectivity index (χ1v) is 10.5. The number of allylic oxidation sites excluding steroid dienone is 1. The topological polar surface area (TPSA) is 69.5 Å². The number of aromatic nitrogens is 2. The van der Waals surface area contributed by atoms with Gasteiger partial charge >= 0.3 is 0 Å². The Labute approximate surface area is 159 Å². The zero-order valence-corrected chi connectivity index (χ0v) is 16.0. The number of hydrogen-bond donors (Lipinski definition) is 1. The van der Waals surface area contributed by atoms with Crippen molar-refractivity contribution in [1.29, 1.82) is 5.26 Å². The molecule has 0 bridgehead atoms. The van der Waals surface area contributed by atoms with Crippen LogP contribution >= 0.6 is 23.1 Å². The van der Waals surface area contributed by atoms with Gasteiger partial charge in [-0.3, -0.25) is 4.79 Å². The van der Waals surface area contributed by atoms with E-state index >= 15 is 0 Å². The van der Waals surface area contributed by atoms with Crippen LogP contribution in [0.15, 0.2) is 34.0 Å². The molecule has 2 aromatic heterocycles. The molecule has 6 heteroatoms. The highest BCUT2D eigenvalue weighted by atomic mass is 32.2. The van der Waals surface area contributed by atoms with Crippen LogP contribution in [0.2, 0.25) is 0 Å². The maximum Gasteiger partial charge on any atom is 0.260 e. The van der Waals surface area contributed by atoms with Gasteiger partial charge < -0.3 is 4.98 Å². The van der Waals surface area contributed by atoms with Crippen LogP contribution in [0.3, 0.4) is 0 Å². The number of benzene rings is 1. The van der Waals surface area contributed by atoms with Crippen LogP contribution in [0.1, 0.15) is 34.7 Å². The molecule has 26 heavy (non-hydrogen) atoms. The number of nitrogens with zero attached hydrogens (tertiary/aromatic N) is 2. The summed E-state index contributed by atoms with van der Waals surface area (Å²) in [7, 11) is 0. The Hall–Kier alpha value is -2.36. The highest BCUT2D eigenvalue weighted by molar-refractivity contribution is 7.98. The van der Waals surface area contributed by atoms with E-state index < -0.39 is 0 Å². The van der Waals surface area contributed by atoms with E-state index in [4.69, 9.17) is 0 Å². The summed E-state index contributed by atoms with van der Waals surface area (Å²) >= 11 is 3.27. The minimum Gasteiger partial charge on any atom is -0.305 e. The summed E-state index contributed by atoms with van der Waals surface area (Å²) in [6, 6.07) is 10.1. The zero-order chi connectivity index (χ0) is 18.1. The summed E-state index contributed by atoms with van der Waals surface area (Å²) in [5, 5.41) is 10.3. The molecule has 0 radical (unpaired) electrons. The van der Waals surface area contributed by atoms with Gasteiger partial charge in [0.1, 0.15) is 10.9 Å². The van der Waals surface area contributed by atoms with Gasteiger partial charge in [-0.25, -0.2) is 4.98 Å². The van der Waals surface area contributed by atoms with E-state index in [2.05, 4.69) is 16.0 Å². The van der Waals surface area contributed by atoms with E-state index in [0.717, 1.165) is 45.5 Å². The molecule has 0 saturated heterocycles. The molecule has 130 valence electrons. The van der Waals surface area contributed by atoms with Crippen molar-refractivity contribution in [1.82, 2.24) is 9.97 Å². The van der Waals surface area contributed by atoms with Crippen molar-refractivity contribution < 1.29 is 0 Å². The highest BCUT2D eigenvalue weighted by Gasteiger charge is 2.20. The third-order valence-electron chi connectivity index (χ3n) is 4.63. The summed E-state index contributed by atoms with van der Waals surface area (Å²) in [5.74, 6) is 0.345. The number of thioether (sulfide) groups is 1. The molecule has 1 aromatic carbocycles. The Morgan fingerprint density at radius 1 is 1.31 bits per heavy atom. The van der Waals surface area contributed by atoms with Gasteiger partial charge in [0.2, 0.25) is 0 Å². The van der Waals surface area contributed by atoms with Gasteiger partial charge in [-0.1, -0.05) is 12.1 Å². The van der Waals surface area contributed by atoms with E-state index in [1.54, 1.807) is 29.2 Å². The molecular weight excluding hydrogens is 362 g/mol. The van der Waals surface area contributed by atoms with Crippen molar-refractivity contribution in [2.45, 2.75) is 30.6 Å². The number of nitrogens with one attached hydrogen (secondary N) is 1. The highest BCUT2D eigenvalue weighted by Crippen LogP contribution is 2.34. The largest absolute Gasteiger partial charge is 0.305 e. The quantitative estimate of drug-likeness (QED) is 0.531. The molecule has 4 rings (SSSR count). The van der Waals surface area contributed by atoms with Gasteiger partial charge in [0, 0.05) is 9.77 Å². The first-order valence-electron chi connectivity index (χ1n) is 8.50. The van der Waals surface area contributed by atoms with E-state index in [1.807, 2.05) is 30.5 Å². The molecule has 0 unspecified atom stereocenters. The van der Waals surface area contributed by atoms with Crippen molar-refractivity contribution in [3.63, 3.8) is 0 Å². The molecule has 3 aromatic rings. The second kappa shape index (κ2) is 7.10. The lowest BCUT2D eigenvalue weighted by molar-refractivity contribution is 0.700. The van der Waals surface area contributed by atoms with E-state index in [1.165, 1.54) is 11.3 Å². The number of rotatable bonds is 3. The number of aryl methyl sites for hydroxylation is 2. The molecular formula is C20H17N3OS2. The molecule has 1 aliphatic rings. The summed E-state index contributed by atoms with van der Waals surface area (Å²) in [6.07, 6.45) is 8.04. The fraction of sp³-hybridized carbons (Fsp3) is 0.250. The van der Waals surface area contributed by atoms with Crippen molar-refractivity contribution in [2.24, 2.45) is 0 Å². The van der Waals surface area contributed by atoms with Crippen molar-refractivity contribution in [3.8, 4) is 6.07 Å². The smallest absolute Gasteiger partial charge is 0.260 e. The molecule has 0 saturated carbocycles. The third kappa shape index (κ3) is 3.09. The first-order chi connectivity index (χ1) is 12.7. The van der Waals surface area contributed by atoms with Crippen LogP contribution in [-0.4, -0.2) is 16.2 Å². The summed E-state index contributed by atoms with van der Waals surface area (Å²) in [4.78, 5) is 23.3. The predicted octanol–water partition coefficient (Wildman–Crippen LogP) is 4.65. The molecule has 2 heterocycles. The molecule has 1 N–H and O–H groups in total. The van der Waals surface area contributed by atoms with Gasteiger partial charge in [0.05, 0.1) is 11.0 Å². The number of H-pyrrole nitrogens is 1. The number of nitriles is 1.